The summed E-state index contributed by atoms with van der Waals surface area (Å²) < 4.78 is 24.2. The summed E-state index contributed by atoms with van der Waals surface area (Å²) in [6.07, 6.45) is 1.23. The summed E-state index contributed by atoms with van der Waals surface area (Å²) in [4.78, 5) is 11.2. The number of methoxy groups -OCH3 is 1. The van der Waals surface area contributed by atoms with Crippen molar-refractivity contribution in [3.05, 3.63) is 64.9 Å². The molecule has 0 radical (unpaired) electrons. The highest BCUT2D eigenvalue weighted by molar-refractivity contribution is 6.30. The van der Waals surface area contributed by atoms with E-state index in [1.54, 1.807) is 43.3 Å². The smallest absolute Gasteiger partial charge is 0.330 e. The Morgan fingerprint density at radius 3 is 2.36 bits per heavy atom. The molecule has 0 aliphatic rings. The van der Waals surface area contributed by atoms with Gasteiger partial charge in [-0.3, -0.25) is 0 Å². The Balaban J connectivity index is 2.20. The highest BCUT2D eigenvalue weighted by Crippen LogP contribution is 2.27. The van der Waals surface area contributed by atoms with Gasteiger partial charge < -0.3 is 9.47 Å². The Bertz CT molecular complexity index is 708. The molecule has 2 rings (SSSR count). The van der Waals surface area contributed by atoms with E-state index < -0.39 is 11.8 Å². The molecule has 0 saturated heterocycles. The first-order valence-corrected chi connectivity index (χ1v) is 6.87. The third-order valence-electron chi connectivity index (χ3n) is 2.95. The van der Waals surface area contributed by atoms with Crippen molar-refractivity contribution in [2.75, 3.05) is 7.11 Å². The summed E-state index contributed by atoms with van der Waals surface area (Å²) >= 11 is 5.79. The molecule has 0 spiro atoms. The molecule has 0 bridgehead atoms. The van der Waals surface area contributed by atoms with Gasteiger partial charge in [0, 0.05) is 22.7 Å². The summed E-state index contributed by atoms with van der Waals surface area (Å²) in [7, 11) is 1.27. The van der Waals surface area contributed by atoms with Crippen LogP contribution in [-0.4, -0.2) is 13.1 Å². The minimum absolute atomic E-state index is 0.314. The molecule has 22 heavy (non-hydrogen) atoms. The number of allylic oxidation sites excluding steroid dienone is 1. The van der Waals surface area contributed by atoms with Crippen LogP contribution in [0.4, 0.5) is 4.39 Å². The molecular weight excluding hydrogens is 307 g/mol. The van der Waals surface area contributed by atoms with Crippen LogP contribution in [0.3, 0.4) is 0 Å². The van der Waals surface area contributed by atoms with E-state index in [2.05, 4.69) is 4.74 Å². The zero-order valence-corrected chi connectivity index (χ0v) is 12.9. The molecule has 2 aromatic carbocycles. The third kappa shape index (κ3) is 4.09. The zero-order valence-electron chi connectivity index (χ0n) is 12.1. The van der Waals surface area contributed by atoms with Crippen molar-refractivity contribution in [2.24, 2.45) is 0 Å². The van der Waals surface area contributed by atoms with Crippen molar-refractivity contribution >= 4 is 23.1 Å². The van der Waals surface area contributed by atoms with Crippen LogP contribution in [0.25, 0.3) is 5.57 Å². The largest absolute Gasteiger partial charge is 0.466 e. The number of benzene rings is 2. The molecule has 0 aliphatic carbocycles. The molecule has 0 atom stereocenters. The molecular formula is C17H14ClFO3. The van der Waals surface area contributed by atoms with Gasteiger partial charge in [0.1, 0.15) is 17.3 Å². The molecule has 0 unspecified atom stereocenters. The van der Waals surface area contributed by atoms with Gasteiger partial charge in [-0.05, 0) is 48.9 Å². The summed E-state index contributed by atoms with van der Waals surface area (Å²) in [6, 6.07) is 11.2. The fraction of sp³-hybridized carbons (Fsp3) is 0.118. The predicted molar refractivity (Wildman–Crippen MR) is 83.6 cm³/mol. The SMILES string of the molecule is COC(=O)C=C(C)c1ccc(Oc2ccc(Cl)cc2)cc1F. The Morgan fingerprint density at radius 1 is 1.14 bits per heavy atom. The van der Waals surface area contributed by atoms with E-state index in [0.29, 0.717) is 27.7 Å². The summed E-state index contributed by atoms with van der Waals surface area (Å²) in [5.74, 6) is -0.102. The van der Waals surface area contributed by atoms with E-state index in [-0.39, 0.29) is 0 Å². The maximum Gasteiger partial charge on any atom is 0.330 e. The normalized spacial score (nSPS) is 11.2. The molecule has 0 aromatic heterocycles. The fourth-order valence-electron chi connectivity index (χ4n) is 1.83. The Labute approximate surface area is 132 Å². The van der Waals surface area contributed by atoms with E-state index in [4.69, 9.17) is 16.3 Å². The monoisotopic (exact) mass is 320 g/mol. The second-order valence-electron chi connectivity index (χ2n) is 4.55. The van der Waals surface area contributed by atoms with E-state index in [1.807, 2.05) is 0 Å². The molecule has 0 saturated carbocycles. The number of esters is 1. The first-order valence-electron chi connectivity index (χ1n) is 6.49. The number of carbonyl (C=O) groups is 1. The van der Waals surface area contributed by atoms with Gasteiger partial charge in [0.05, 0.1) is 7.11 Å². The van der Waals surface area contributed by atoms with Gasteiger partial charge in [0.15, 0.2) is 0 Å². The number of ether oxygens (including phenoxy) is 2. The number of rotatable bonds is 4. The average Bonchev–Trinajstić information content (AvgIpc) is 2.49. The molecule has 0 N–H and O–H groups in total. The average molecular weight is 321 g/mol. The van der Waals surface area contributed by atoms with Crippen LogP contribution in [0, 0.1) is 5.82 Å². The number of carbonyl (C=O) groups excluding carboxylic acids is 1. The number of hydrogen-bond donors (Lipinski definition) is 0. The van der Waals surface area contributed by atoms with Gasteiger partial charge >= 0.3 is 5.97 Å². The lowest BCUT2D eigenvalue weighted by Gasteiger charge is -2.08. The first kappa shape index (κ1) is 16.0. The lowest BCUT2D eigenvalue weighted by atomic mass is 10.1. The van der Waals surface area contributed by atoms with E-state index in [1.165, 1.54) is 19.3 Å². The van der Waals surface area contributed by atoms with Crippen LogP contribution >= 0.6 is 11.6 Å². The fourth-order valence-corrected chi connectivity index (χ4v) is 1.96. The molecule has 114 valence electrons. The zero-order chi connectivity index (χ0) is 16.1. The van der Waals surface area contributed by atoms with Gasteiger partial charge in [0.25, 0.3) is 0 Å². The maximum absolute atomic E-state index is 14.1. The predicted octanol–water partition coefficient (Wildman–Crippen LogP) is 4.85. The standard InChI is InChI=1S/C17H14ClFO3/c1-11(9-17(20)21-2)15-8-7-14(10-16(15)19)22-13-5-3-12(18)4-6-13/h3-10H,1-2H3. The highest BCUT2D eigenvalue weighted by atomic mass is 35.5. The Kier molecular flexibility index (Phi) is 5.17. The van der Waals surface area contributed by atoms with Gasteiger partial charge in [-0.1, -0.05) is 11.6 Å². The minimum Gasteiger partial charge on any atom is -0.466 e. The highest BCUT2D eigenvalue weighted by Gasteiger charge is 2.08. The second kappa shape index (κ2) is 7.09. The van der Waals surface area contributed by atoms with Crippen LogP contribution in [-0.2, 0) is 9.53 Å². The van der Waals surface area contributed by atoms with E-state index >= 15 is 0 Å². The van der Waals surface area contributed by atoms with Crippen LogP contribution in [0.2, 0.25) is 5.02 Å². The van der Waals surface area contributed by atoms with Crippen molar-refractivity contribution in [3.63, 3.8) is 0 Å². The summed E-state index contributed by atoms with van der Waals surface area (Å²) in [5, 5.41) is 0.595. The topological polar surface area (TPSA) is 35.5 Å². The van der Waals surface area contributed by atoms with E-state index in [9.17, 15) is 9.18 Å². The quantitative estimate of drug-likeness (QED) is 0.597. The summed E-state index contributed by atoms with van der Waals surface area (Å²) in [5.41, 5.74) is 0.788. The minimum atomic E-state index is -0.529. The summed E-state index contributed by atoms with van der Waals surface area (Å²) in [6.45, 7) is 1.63. The lowest BCUT2D eigenvalue weighted by molar-refractivity contribution is -0.134. The third-order valence-corrected chi connectivity index (χ3v) is 3.20. The lowest BCUT2D eigenvalue weighted by Crippen LogP contribution is -1.97. The number of hydrogen-bond acceptors (Lipinski definition) is 3. The maximum atomic E-state index is 14.1. The number of halogens is 2. The van der Waals surface area contributed by atoms with Gasteiger partial charge in [0.2, 0.25) is 0 Å². The molecule has 0 heterocycles. The van der Waals surface area contributed by atoms with Crippen molar-refractivity contribution in [1.82, 2.24) is 0 Å². The molecule has 3 nitrogen and oxygen atoms in total. The Morgan fingerprint density at radius 2 is 1.77 bits per heavy atom. The van der Waals surface area contributed by atoms with Crippen molar-refractivity contribution < 1.29 is 18.7 Å². The first-order chi connectivity index (χ1) is 10.5. The molecule has 0 aliphatic heterocycles. The molecule has 0 amide bonds. The van der Waals surface area contributed by atoms with Gasteiger partial charge in [-0.15, -0.1) is 0 Å². The van der Waals surface area contributed by atoms with Gasteiger partial charge in [-0.25, -0.2) is 9.18 Å². The van der Waals surface area contributed by atoms with Crippen molar-refractivity contribution in [2.45, 2.75) is 6.92 Å². The molecule has 5 heteroatoms. The van der Waals surface area contributed by atoms with Crippen molar-refractivity contribution in [1.29, 1.82) is 0 Å². The molecule has 2 aromatic rings. The van der Waals surface area contributed by atoms with Crippen molar-refractivity contribution in [3.8, 4) is 11.5 Å². The molecule has 0 fully saturated rings. The Hall–Kier alpha value is -2.33. The van der Waals surface area contributed by atoms with Crippen LogP contribution in [0.5, 0.6) is 11.5 Å². The second-order valence-corrected chi connectivity index (χ2v) is 4.98. The van der Waals surface area contributed by atoms with Crippen LogP contribution in [0.15, 0.2) is 48.5 Å². The van der Waals surface area contributed by atoms with Crippen LogP contribution < -0.4 is 4.74 Å². The van der Waals surface area contributed by atoms with Crippen LogP contribution in [0.1, 0.15) is 12.5 Å². The van der Waals surface area contributed by atoms with E-state index in [0.717, 1.165) is 0 Å². The van der Waals surface area contributed by atoms with Gasteiger partial charge in [-0.2, -0.15) is 0 Å².